The number of aromatic carboxylic acids is 1. The number of aryl methyl sites for hydroxylation is 1. The van der Waals surface area contributed by atoms with Crippen molar-refractivity contribution in [3.63, 3.8) is 0 Å². The van der Waals surface area contributed by atoms with Gasteiger partial charge in [-0.2, -0.15) is 0 Å². The summed E-state index contributed by atoms with van der Waals surface area (Å²) in [6.07, 6.45) is 2.51. The lowest BCUT2D eigenvalue weighted by molar-refractivity contribution is 0.0699. The highest BCUT2D eigenvalue weighted by Crippen LogP contribution is 2.24. The lowest BCUT2D eigenvalue weighted by Gasteiger charge is -2.05. The minimum atomic E-state index is -0.868. The van der Waals surface area contributed by atoms with Crippen LogP contribution in [0.15, 0.2) is 24.3 Å². The first-order chi connectivity index (χ1) is 8.66. The van der Waals surface area contributed by atoms with Crippen LogP contribution in [-0.4, -0.2) is 21.7 Å². The zero-order chi connectivity index (χ0) is 12.7. The van der Waals surface area contributed by atoms with Gasteiger partial charge in [0.25, 0.3) is 0 Å². The molecule has 0 unspecified atom stereocenters. The van der Waals surface area contributed by atoms with Gasteiger partial charge in [0.1, 0.15) is 0 Å². The highest BCUT2D eigenvalue weighted by atomic mass is 16.4. The predicted octanol–water partition coefficient (Wildman–Crippen LogP) is 2.13. The Labute approximate surface area is 105 Å². The Morgan fingerprint density at radius 3 is 2.94 bits per heavy atom. The fourth-order valence-corrected chi connectivity index (χ4v) is 2.31. The topological polar surface area (TPSA) is 54.3 Å². The van der Waals surface area contributed by atoms with Crippen molar-refractivity contribution in [2.75, 3.05) is 0 Å². The van der Waals surface area contributed by atoms with E-state index in [1.807, 2.05) is 19.2 Å². The number of nitrogens with one attached hydrogen (secondary N) is 1. The molecule has 18 heavy (non-hydrogen) atoms. The van der Waals surface area contributed by atoms with E-state index in [4.69, 9.17) is 0 Å². The third-order valence-corrected chi connectivity index (χ3v) is 3.57. The van der Waals surface area contributed by atoms with Crippen LogP contribution in [0.2, 0.25) is 0 Å². The molecule has 0 spiro atoms. The molecule has 4 heteroatoms. The summed E-state index contributed by atoms with van der Waals surface area (Å²) in [5.74, 6) is -0.868. The molecule has 94 valence electrons. The van der Waals surface area contributed by atoms with Crippen molar-refractivity contribution in [2.45, 2.75) is 25.4 Å². The summed E-state index contributed by atoms with van der Waals surface area (Å²) in [5.41, 5.74) is 2.48. The van der Waals surface area contributed by atoms with Crippen LogP contribution in [0.25, 0.3) is 10.9 Å². The van der Waals surface area contributed by atoms with Crippen LogP contribution >= 0.6 is 0 Å². The zero-order valence-corrected chi connectivity index (χ0v) is 10.3. The number of benzene rings is 1. The van der Waals surface area contributed by atoms with E-state index < -0.39 is 5.97 Å². The molecule has 1 aliphatic carbocycles. The summed E-state index contributed by atoms with van der Waals surface area (Å²) >= 11 is 0. The SMILES string of the molecule is Cn1c(CNC2CC2)cc2c(C(=O)O)cccc21. The van der Waals surface area contributed by atoms with Gasteiger partial charge >= 0.3 is 5.97 Å². The molecule has 1 heterocycles. The van der Waals surface area contributed by atoms with Gasteiger partial charge in [0.15, 0.2) is 0 Å². The Hall–Kier alpha value is -1.81. The maximum absolute atomic E-state index is 11.2. The van der Waals surface area contributed by atoms with Crippen molar-refractivity contribution in [2.24, 2.45) is 7.05 Å². The average molecular weight is 244 g/mol. The van der Waals surface area contributed by atoms with Crippen LogP contribution < -0.4 is 5.32 Å². The molecule has 0 radical (unpaired) electrons. The van der Waals surface area contributed by atoms with Crippen molar-refractivity contribution in [1.29, 1.82) is 0 Å². The summed E-state index contributed by atoms with van der Waals surface area (Å²) in [6, 6.07) is 8.05. The van der Waals surface area contributed by atoms with E-state index in [-0.39, 0.29) is 0 Å². The lowest BCUT2D eigenvalue weighted by Crippen LogP contribution is -2.17. The molecule has 1 aromatic carbocycles. The van der Waals surface area contributed by atoms with E-state index in [9.17, 15) is 9.90 Å². The van der Waals surface area contributed by atoms with E-state index in [0.29, 0.717) is 11.6 Å². The number of carbonyl (C=O) groups is 1. The average Bonchev–Trinajstić information content (AvgIpc) is 3.12. The maximum Gasteiger partial charge on any atom is 0.336 e. The Balaban J connectivity index is 2.02. The Bertz CT molecular complexity index is 612. The molecule has 3 rings (SSSR count). The second-order valence-electron chi connectivity index (χ2n) is 4.89. The van der Waals surface area contributed by atoms with E-state index in [1.54, 1.807) is 12.1 Å². The fourth-order valence-electron chi connectivity index (χ4n) is 2.31. The number of carboxylic acid groups (broad SMARTS) is 1. The minimum Gasteiger partial charge on any atom is -0.478 e. The van der Waals surface area contributed by atoms with E-state index >= 15 is 0 Å². The molecule has 1 saturated carbocycles. The first-order valence-electron chi connectivity index (χ1n) is 6.21. The first-order valence-corrected chi connectivity index (χ1v) is 6.21. The number of nitrogens with zero attached hydrogens (tertiary/aromatic N) is 1. The molecule has 4 nitrogen and oxygen atoms in total. The lowest BCUT2D eigenvalue weighted by atomic mass is 10.1. The maximum atomic E-state index is 11.2. The normalized spacial score (nSPS) is 15.2. The molecule has 0 bridgehead atoms. The number of aromatic nitrogens is 1. The van der Waals surface area contributed by atoms with Gasteiger partial charge in [-0.1, -0.05) is 6.07 Å². The molecule has 0 atom stereocenters. The van der Waals surface area contributed by atoms with Crippen LogP contribution in [0.3, 0.4) is 0 Å². The Morgan fingerprint density at radius 1 is 1.50 bits per heavy atom. The van der Waals surface area contributed by atoms with Crippen molar-refractivity contribution in [3.8, 4) is 0 Å². The van der Waals surface area contributed by atoms with Crippen LogP contribution in [0.1, 0.15) is 28.9 Å². The van der Waals surface area contributed by atoms with Crippen molar-refractivity contribution >= 4 is 16.9 Å². The van der Waals surface area contributed by atoms with Crippen molar-refractivity contribution < 1.29 is 9.90 Å². The number of fused-ring (bicyclic) bond motifs is 1. The molecule has 1 aliphatic rings. The smallest absolute Gasteiger partial charge is 0.336 e. The van der Waals surface area contributed by atoms with Crippen LogP contribution in [-0.2, 0) is 13.6 Å². The summed E-state index contributed by atoms with van der Waals surface area (Å²) in [4.78, 5) is 11.2. The number of rotatable bonds is 4. The largest absolute Gasteiger partial charge is 0.478 e. The van der Waals surface area contributed by atoms with E-state index in [1.165, 1.54) is 12.8 Å². The summed E-state index contributed by atoms with van der Waals surface area (Å²) in [6.45, 7) is 0.801. The molecule has 2 N–H and O–H groups in total. The van der Waals surface area contributed by atoms with Gasteiger partial charge in [-0.15, -0.1) is 0 Å². The van der Waals surface area contributed by atoms with E-state index in [2.05, 4.69) is 9.88 Å². The van der Waals surface area contributed by atoms with Gasteiger partial charge in [0.05, 0.1) is 5.56 Å². The monoisotopic (exact) mass is 244 g/mol. The third-order valence-electron chi connectivity index (χ3n) is 3.57. The number of hydrogen-bond donors (Lipinski definition) is 2. The standard InChI is InChI=1S/C14H16N2O2/c1-16-10(8-15-9-5-6-9)7-12-11(14(17)18)3-2-4-13(12)16/h2-4,7,9,15H,5-6,8H2,1H3,(H,17,18). The molecular weight excluding hydrogens is 228 g/mol. The molecule has 0 aliphatic heterocycles. The Morgan fingerprint density at radius 2 is 2.28 bits per heavy atom. The van der Waals surface area contributed by atoms with Gasteiger partial charge in [-0.3, -0.25) is 0 Å². The van der Waals surface area contributed by atoms with Gasteiger partial charge < -0.3 is 15.0 Å². The predicted molar refractivity (Wildman–Crippen MR) is 69.7 cm³/mol. The number of hydrogen-bond acceptors (Lipinski definition) is 2. The van der Waals surface area contributed by atoms with Gasteiger partial charge in [0.2, 0.25) is 0 Å². The molecular formula is C14H16N2O2. The van der Waals surface area contributed by atoms with Crippen LogP contribution in [0.4, 0.5) is 0 Å². The second kappa shape index (κ2) is 4.14. The number of carboxylic acids is 1. The highest BCUT2D eigenvalue weighted by Gasteiger charge is 2.21. The molecule has 1 aromatic heterocycles. The Kier molecular flexibility index (Phi) is 2.59. The highest BCUT2D eigenvalue weighted by molar-refractivity contribution is 6.03. The molecule has 1 fully saturated rings. The van der Waals surface area contributed by atoms with Gasteiger partial charge in [-0.05, 0) is 31.0 Å². The van der Waals surface area contributed by atoms with Crippen molar-refractivity contribution in [1.82, 2.24) is 9.88 Å². The van der Waals surface area contributed by atoms with Crippen molar-refractivity contribution in [3.05, 3.63) is 35.5 Å². The zero-order valence-electron chi connectivity index (χ0n) is 10.3. The minimum absolute atomic E-state index is 0.376. The summed E-state index contributed by atoms with van der Waals surface area (Å²) < 4.78 is 2.07. The van der Waals surface area contributed by atoms with Crippen LogP contribution in [0.5, 0.6) is 0 Å². The molecule has 2 aromatic rings. The fraction of sp³-hybridized carbons (Fsp3) is 0.357. The molecule has 0 saturated heterocycles. The third kappa shape index (κ3) is 1.88. The second-order valence-corrected chi connectivity index (χ2v) is 4.89. The molecule has 0 amide bonds. The van der Waals surface area contributed by atoms with E-state index in [0.717, 1.165) is 23.1 Å². The quantitative estimate of drug-likeness (QED) is 0.866. The summed E-state index contributed by atoms with van der Waals surface area (Å²) in [7, 11) is 1.98. The summed E-state index contributed by atoms with van der Waals surface area (Å²) in [5, 5.41) is 13.5. The van der Waals surface area contributed by atoms with Gasteiger partial charge in [-0.25, -0.2) is 4.79 Å². The first kappa shape index (κ1) is 11.3. The van der Waals surface area contributed by atoms with Crippen LogP contribution in [0, 0.1) is 0 Å². The van der Waals surface area contributed by atoms with Gasteiger partial charge in [0, 0.05) is 36.2 Å².